The summed E-state index contributed by atoms with van der Waals surface area (Å²) in [6.45, 7) is 1.99. The van der Waals surface area contributed by atoms with Gasteiger partial charge in [0.05, 0.1) is 11.0 Å². The minimum atomic E-state index is -0.273. The molecule has 5 heteroatoms. The van der Waals surface area contributed by atoms with Crippen LogP contribution in [0.4, 0.5) is 4.39 Å². The first-order valence-corrected chi connectivity index (χ1v) is 8.20. The van der Waals surface area contributed by atoms with Crippen molar-refractivity contribution in [2.24, 2.45) is 0 Å². The zero-order valence-electron chi connectivity index (χ0n) is 13.3. The largest absolute Gasteiger partial charge is 0.341 e. The van der Waals surface area contributed by atoms with Crippen LogP contribution in [0.15, 0.2) is 48.8 Å². The van der Waals surface area contributed by atoms with Gasteiger partial charge >= 0.3 is 0 Å². The van der Waals surface area contributed by atoms with Crippen molar-refractivity contribution in [1.29, 1.82) is 0 Å². The first kappa shape index (κ1) is 14.9. The molecule has 122 valence electrons. The minimum Gasteiger partial charge on any atom is -0.341 e. The molecule has 0 radical (unpaired) electrons. The highest BCUT2D eigenvalue weighted by Gasteiger charge is 2.19. The molecule has 1 saturated heterocycles. The van der Waals surface area contributed by atoms with Gasteiger partial charge in [0.15, 0.2) is 0 Å². The number of hydrogen-bond donors (Lipinski definition) is 0. The third kappa shape index (κ3) is 2.66. The van der Waals surface area contributed by atoms with Gasteiger partial charge in [0.1, 0.15) is 12.4 Å². The van der Waals surface area contributed by atoms with Crippen molar-refractivity contribution in [2.45, 2.75) is 19.4 Å². The molecule has 0 unspecified atom stereocenters. The number of fused-ring (bicyclic) bond motifs is 1. The van der Waals surface area contributed by atoms with Crippen LogP contribution >= 0.6 is 0 Å². The summed E-state index contributed by atoms with van der Waals surface area (Å²) in [4.78, 5) is 18.7. The molecule has 24 heavy (non-hydrogen) atoms. The number of hydrogen-bond acceptors (Lipinski definition) is 2. The Bertz CT molecular complexity index is 897. The zero-order valence-corrected chi connectivity index (χ0v) is 13.3. The molecule has 1 aliphatic rings. The lowest BCUT2D eigenvalue weighted by Crippen LogP contribution is -2.30. The number of carbonyl (C=O) groups excluding carboxylic acids is 1. The molecule has 2 aromatic heterocycles. The van der Waals surface area contributed by atoms with E-state index < -0.39 is 0 Å². The minimum absolute atomic E-state index is 0.126. The second kappa shape index (κ2) is 6.07. The van der Waals surface area contributed by atoms with E-state index in [0.29, 0.717) is 17.7 Å². The molecule has 0 atom stereocenters. The summed E-state index contributed by atoms with van der Waals surface area (Å²) in [5.74, 6) is -0.147. The third-order valence-electron chi connectivity index (χ3n) is 4.57. The van der Waals surface area contributed by atoms with Gasteiger partial charge in [-0.3, -0.25) is 9.78 Å². The number of benzene rings is 1. The first-order chi connectivity index (χ1) is 11.7. The van der Waals surface area contributed by atoms with Gasteiger partial charge in [-0.1, -0.05) is 18.2 Å². The smallest absolute Gasteiger partial charge is 0.242 e. The van der Waals surface area contributed by atoms with Crippen LogP contribution in [0.1, 0.15) is 12.8 Å². The molecule has 1 aliphatic heterocycles. The fourth-order valence-corrected chi connectivity index (χ4v) is 3.26. The molecule has 0 N–H and O–H groups in total. The molecule has 4 rings (SSSR count). The van der Waals surface area contributed by atoms with Crippen molar-refractivity contribution in [1.82, 2.24) is 14.5 Å². The van der Waals surface area contributed by atoms with E-state index in [0.717, 1.165) is 37.0 Å². The van der Waals surface area contributed by atoms with Gasteiger partial charge in [0.25, 0.3) is 0 Å². The standard InChI is InChI=1S/C19H18FN3O/c20-16-6-2-1-5-15(16)14-11-18-17(21-12-14)7-10-23(18)13-19(24)22-8-3-4-9-22/h1-2,5-7,10-12H,3-4,8-9,13H2. The van der Waals surface area contributed by atoms with Crippen molar-refractivity contribution in [3.8, 4) is 11.1 Å². The highest BCUT2D eigenvalue weighted by atomic mass is 19.1. The van der Waals surface area contributed by atoms with E-state index in [1.165, 1.54) is 6.07 Å². The highest BCUT2D eigenvalue weighted by molar-refractivity contribution is 5.84. The van der Waals surface area contributed by atoms with Gasteiger partial charge < -0.3 is 9.47 Å². The zero-order chi connectivity index (χ0) is 16.5. The van der Waals surface area contributed by atoms with E-state index in [-0.39, 0.29) is 11.7 Å². The Morgan fingerprint density at radius 3 is 2.75 bits per heavy atom. The van der Waals surface area contributed by atoms with Crippen molar-refractivity contribution < 1.29 is 9.18 Å². The van der Waals surface area contributed by atoms with Crippen LogP contribution in [-0.4, -0.2) is 33.4 Å². The Balaban J connectivity index is 1.68. The van der Waals surface area contributed by atoms with Gasteiger partial charge in [0, 0.05) is 36.6 Å². The molecule has 0 aliphatic carbocycles. The summed E-state index contributed by atoms with van der Waals surface area (Å²) in [6.07, 6.45) is 5.71. The molecule has 1 fully saturated rings. The SMILES string of the molecule is O=C(Cn1ccc2ncc(-c3ccccc3F)cc21)N1CCCC1. The Morgan fingerprint density at radius 1 is 1.17 bits per heavy atom. The number of halogens is 1. The van der Waals surface area contributed by atoms with E-state index in [1.54, 1.807) is 24.4 Å². The van der Waals surface area contributed by atoms with Crippen molar-refractivity contribution in [3.63, 3.8) is 0 Å². The lowest BCUT2D eigenvalue weighted by atomic mass is 10.1. The summed E-state index contributed by atoms with van der Waals surface area (Å²) >= 11 is 0. The predicted molar refractivity (Wildman–Crippen MR) is 90.9 cm³/mol. The van der Waals surface area contributed by atoms with Gasteiger partial charge in [-0.05, 0) is 31.0 Å². The van der Waals surface area contributed by atoms with Crippen molar-refractivity contribution in [2.75, 3.05) is 13.1 Å². The Labute approximate surface area is 139 Å². The molecule has 0 spiro atoms. The summed E-state index contributed by atoms with van der Waals surface area (Å²) in [6, 6.07) is 10.4. The Kier molecular flexibility index (Phi) is 3.76. The molecule has 3 heterocycles. The second-order valence-corrected chi connectivity index (χ2v) is 6.14. The summed E-state index contributed by atoms with van der Waals surface area (Å²) in [5.41, 5.74) is 2.90. The summed E-state index contributed by atoms with van der Waals surface area (Å²) < 4.78 is 15.9. The molecular formula is C19H18FN3O. The molecule has 0 saturated carbocycles. The van der Waals surface area contributed by atoms with Crippen LogP contribution < -0.4 is 0 Å². The molecule has 3 aromatic rings. The van der Waals surface area contributed by atoms with E-state index in [4.69, 9.17) is 0 Å². The topological polar surface area (TPSA) is 38.1 Å². The highest BCUT2D eigenvalue weighted by Crippen LogP contribution is 2.25. The number of carbonyl (C=O) groups is 1. The maximum atomic E-state index is 14.0. The number of pyridine rings is 1. The molecule has 4 nitrogen and oxygen atoms in total. The fourth-order valence-electron chi connectivity index (χ4n) is 3.26. The summed E-state index contributed by atoms with van der Waals surface area (Å²) in [7, 11) is 0. The van der Waals surface area contributed by atoms with Crippen molar-refractivity contribution >= 4 is 16.9 Å². The van der Waals surface area contributed by atoms with Crippen LogP contribution in [0, 0.1) is 5.82 Å². The monoisotopic (exact) mass is 323 g/mol. The third-order valence-corrected chi connectivity index (χ3v) is 4.57. The maximum absolute atomic E-state index is 14.0. The van der Waals surface area contributed by atoms with Crippen LogP contribution in [-0.2, 0) is 11.3 Å². The maximum Gasteiger partial charge on any atom is 0.242 e. The van der Waals surface area contributed by atoms with Gasteiger partial charge in [-0.2, -0.15) is 0 Å². The van der Waals surface area contributed by atoms with Gasteiger partial charge in [-0.15, -0.1) is 0 Å². The second-order valence-electron chi connectivity index (χ2n) is 6.14. The predicted octanol–water partition coefficient (Wildman–Crippen LogP) is 3.46. The summed E-state index contributed by atoms with van der Waals surface area (Å²) in [5, 5.41) is 0. The van der Waals surface area contributed by atoms with E-state index in [2.05, 4.69) is 4.98 Å². The average molecular weight is 323 g/mol. The Morgan fingerprint density at radius 2 is 1.96 bits per heavy atom. The lowest BCUT2D eigenvalue weighted by Gasteiger charge is -2.16. The van der Waals surface area contributed by atoms with Crippen LogP contribution in [0.3, 0.4) is 0 Å². The molecule has 0 bridgehead atoms. The number of rotatable bonds is 3. The quantitative estimate of drug-likeness (QED) is 0.740. The number of likely N-dealkylation sites (tertiary alicyclic amines) is 1. The van der Waals surface area contributed by atoms with Gasteiger partial charge in [-0.25, -0.2) is 4.39 Å². The van der Waals surface area contributed by atoms with Crippen LogP contribution in [0.5, 0.6) is 0 Å². The molecular weight excluding hydrogens is 305 g/mol. The number of nitrogens with zero attached hydrogens (tertiary/aromatic N) is 3. The van der Waals surface area contributed by atoms with E-state index in [9.17, 15) is 9.18 Å². The number of amides is 1. The van der Waals surface area contributed by atoms with E-state index >= 15 is 0 Å². The van der Waals surface area contributed by atoms with Crippen LogP contribution in [0.25, 0.3) is 22.2 Å². The van der Waals surface area contributed by atoms with Gasteiger partial charge in [0.2, 0.25) is 5.91 Å². The lowest BCUT2D eigenvalue weighted by molar-refractivity contribution is -0.130. The first-order valence-electron chi connectivity index (χ1n) is 8.20. The normalized spacial score (nSPS) is 14.5. The fraction of sp³-hybridized carbons (Fsp3) is 0.263. The average Bonchev–Trinajstić information content (AvgIpc) is 3.25. The van der Waals surface area contributed by atoms with E-state index in [1.807, 2.05) is 27.8 Å². The number of aromatic nitrogens is 2. The van der Waals surface area contributed by atoms with Crippen LogP contribution in [0.2, 0.25) is 0 Å². The van der Waals surface area contributed by atoms with Crippen molar-refractivity contribution in [3.05, 3.63) is 54.6 Å². The molecule has 1 aromatic carbocycles. The Hall–Kier alpha value is -2.69. The molecule has 1 amide bonds.